The number of methoxy groups -OCH3 is 1. The predicted molar refractivity (Wildman–Crippen MR) is 147 cm³/mol. The van der Waals surface area contributed by atoms with E-state index in [0.717, 1.165) is 68.9 Å². The van der Waals surface area contributed by atoms with Gasteiger partial charge in [-0.05, 0) is 90.0 Å². The molecule has 0 saturated heterocycles. The van der Waals surface area contributed by atoms with Crippen molar-refractivity contribution in [3.63, 3.8) is 0 Å². The molecule has 2 aromatic heterocycles. The van der Waals surface area contributed by atoms with Gasteiger partial charge in [-0.1, -0.05) is 6.07 Å². The summed E-state index contributed by atoms with van der Waals surface area (Å²) in [6.45, 7) is 11.7. The zero-order valence-electron chi connectivity index (χ0n) is 23.2. The van der Waals surface area contributed by atoms with E-state index in [1.54, 1.807) is 19.5 Å². The third kappa shape index (κ3) is 10.2. The number of anilines is 2. The molecule has 2 N–H and O–H groups in total. The highest BCUT2D eigenvalue weighted by molar-refractivity contribution is 5.79. The van der Waals surface area contributed by atoms with Gasteiger partial charge in [-0.25, -0.2) is 19.7 Å². The number of hydrogen-bond acceptors (Lipinski definition) is 9. The van der Waals surface area contributed by atoms with Crippen molar-refractivity contribution in [2.75, 3.05) is 50.5 Å². The molecule has 37 heavy (non-hydrogen) atoms. The molecule has 0 fully saturated rings. The maximum Gasteiger partial charge on any atom is 0.329 e. The normalized spacial score (nSPS) is 14.1. The topological polar surface area (TPSA) is 102 Å². The first-order valence-electron chi connectivity index (χ1n) is 13.5. The van der Waals surface area contributed by atoms with Gasteiger partial charge in [0.15, 0.2) is 0 Å². The SMILES string of the molecule is COCCN(CCCCc1ccc2c(n1)NCCC2)CCC(Nc1ncc(C)cn1)C(=O)OC(C)(C)C. The van der Waals surface area contributed by atoms with Crippen molar-refractivity contribution in [2.45, 2.75) is 77.9 Å². The Morgan fingerprint density at radius 2 is 1.95 bits per heavy atom. The molecule has 2 aromatic rings. The Morgan fingerprint density at radius 3 is 2.68 bits per heavy atom. The summed E-state index contributed by atoms with van der Waals surface area (Å²) in [4.78, 5) is 28.8. The summed E-state index contributed by atoms with van der Waals surface area (Å²) < 4.78 is 11.0. The smallest absolute Gasteiger partial charge is 0.329 e. The lowest BCUT2D eigenvalue weighted by atomic mass is 10.1. The van der Waals surface area contributed by atoms with Gasteiger partial charge in [0.1, 0.15) is 17.5 Å². The highest BCUT2D eigenvalue weighted by Crippen LogP contribution is 2.20. The van der Waals surface area contributed by atoms with E-state index < -0.39 is 11.6 Å². The number of nitrogens with one attached hydrogen (secondary N) is 2. The molecule has 1 unspecified atom stereocenters. The van der Waals surface area contributed by atoms with Crippen molar-refractivity contribution in [3.8, 4) is 0 Å². The van der Waals surface area contributed by atoms with E-state index in [0.29, 0.717) is 19.0 Å². The molecular weight excluding hydrogens is 468 g/mol. The van der Waals surface area contributed by atoms with Crippen LogP contribution in [0.2, 0.25) is 0 Å². The van der Waals surface area contributed by atoms with Crippen LogP contribution in [0, 0.1) is 6.92 Å². The Kier molecular flexibility index (Phi) is 11.1. The van der Waals surface area contributed by atoms with Crippen LogP contribution in [0.5, 0.6) is 0 Å². The van der Waals surface area contributed by atoms with E-state index in [9.17, 15) is 4.79 Å². The largest absolute Gasteiger partial charge is 0.458 e. The quantitative estimate of drug-likeness (QED) is 0.287. The van der Waals surface area contributed by atoms with Crippen LogP contribution in [0.1, 0.15) is 63.3 Å². The van der Waals surface area contributed by atoms with Crippen LogP contribution in [0.3, 0.4) is 0 Å². The summed E-state index contributed by atoms with van der Waals surface area (Å²) in [6, 6.07) is 3.84. The number of unbranched alkanes of at least 4 members (excludes halogenated alkanes) is 1. The molecule has 0 bridgehead atoms. The van der Waals surface area contributed by atoms with Gasteiger partial charge >= 0.3 is 5.97 Å². The number of carbonyl (C=O) groups excluding carboxylic acids is 1. The molecule has 204 valence electrons. The van der Waals surface area contributed by atoms with Gasteiger partial charge in [0.2, 0.25) is 5.95 Å². The number of carbonyl (C=O) groups is 1. The number of rotatable bonds is 14. The summed E-state index contributed by atoms with van der Waals surface area (Å²) in [5.74, 6) is 1.19. The zero-order chi connectivity index (χ0) is 26.7. The molecule has 0 aliphatic carbocycles. The van der Waals surface area contributed by atoms with Gasteiger partial charge in [-0.15, -0.1) is 0 Å². The number of aromatic nitrogens is 3. The van der Waals surface area contributed by atoms with Crippen molar-refractivity contribution < 1.29 is 14.3 Å². The standard InChI is InChI=1S/C28H44N6O3/c1-21-19-30-27(31-20-21)33-24(26(35)37-28(2,3)4)13-16-34(17-18-36-5)15-7-6-10-23-12-11-22-9-8-14-29-25(22)32-23/h11-12,19-20,24H,6-10,13-18H2,1-5H3,(H,29,32)(H,30,31,33). The van der Waals surface area contributed by atoms with Gasteiger partial charge in [-0.3, -0.25) is 0 Å². The van der Waals surface area contributed by atoms with E-state index in [2.05, 4.69) is 37.6 Å². The maximum atomic E-state index is 13.0. The second kappa shape index (κ2) is 14.2. The lowest BCUT2D eigenvalue weighted by molar-refractivity contribution is -0.156. The van der Waals surface area contributed by atoms with E-state index in [1.807, 2.05) is 27.7 Å². The molecule has 1 aliphatic rings. The Hall–Kier alpha value is -2.78. The fourth-order valence-corrected chi connectivity index (χ4v) is 4.26. The van der Waals surface area contributed by atoms with E-state index in [1.165, 1.54) is 12.0 Å². The fourth-order valence-electron chi connectivity index (χ4n) is 4.26. The summed E-state index contributed by atoms with van der Waals surface area (Å²) >= 11 is 0. The second-order valence-electron chi connectivity index (χ2n) is 10.7. The molecule has 9 heteroatoms. The molecule has 3 rings (SSSR count). The molecule has 0 aromatic carbocycles. The molecule has 1 aliphatic heterocycles. The first-order chi connectivity index (χ1) is 17.7. The fraction of sp³-hybridized carbons (Fsp3) is 0.643. The maximum absolute atomic E-state index is 13.0. The molecule has 0 amide bonds. The number of esters is 1. The lowest BCUT2D eigenvalue weighted by Gasteiger charge is -2.27. The minimum Gasteiger partial charge on any atom is -0.458 e. The van der Waals surface area contributed by atoms with Gasteiger partial charge in [0.05, 0.1) is 6.61 Å². The summed E-state index contributed by atoms with van der Waals surface area (Å²) in [5.41, 5.74) is 2.86. The Labute approximate surface area is 221 Å². The van der Waals surface area contributed by atoms with E-state index >= 15 is 0 Å². The lowest BCUT2D eigenvalue weighted by Crippen LogP contribution is -2.40. The number of hydrogen-bond donors (Lipinski definition) is 2. The molecule has 0 spiro atoms. The highest BCUT2D eigenvalue weighted by atomic mass is 16.6. The van der Waals surface area contributed by atoms with Crippen molar-refractivity contribution in [2.24, 2.45) is 0 Å². The summed E-state index contributed by atoms with van der Waals surface area (Å²) in [7, 11) is 1.72. The van der Waals surface area contributed by atoms with Gasteiger partial charge in [0.25, 0.3) is 0 Å². The average Bonchev–Trinajstić information content (AvgIpc) is 2.86. The van der Waals surface area contributed by atoms with Crippen molar-refractivity contribution in [1.29, 1.82) is 0 Å². The predicted octanol–water partition coefficient (Wildman–Crippen LogP) is 4.02. The van der Waals surface area contributed by atoms with Gasteiger partial charge < -0.3 is 25.0 Å². The van der Waals surface area contributed by atoms with Gasteiger partial charge in [-0.2, -0.15) is 0 Å². The summed E-state index contributed by atoms with van der Waals surface area (Å²) in [6.07, 6.45) is 9.39. The molecule has 3 heterocycles. The van der Waals surface area contributed by atoms with E-state index in [4.69, 9.17) is 14.5 Å². The molecule has 1 atom stereocenters. The number of nitrogens with zero attached hydrogens (tertiary/aromatic N) is 4. The first-order valence-corrected chi connectivity index (χ1v) is 13.5. The number of ether oxygens (including phenoxy) is 2. The number of pyridine rings is 1. The Morgan fingerprint density at radius 1 is 1.16 bits per heavy atom. The van der Waals surface area contributed by atoms with Crippen LogP contribution in [0.15, 0.2) is 24.5 Å². The zero-order valence-corrected chi connectivity index (χ0v) is 23.2. The second-order valence-corrected chi connectivity index (χ2v) is 10.7. The van der Waals surface area contributed by atoms with Crippen LogP contribution in [0.25, 0.3) is 0 Å². The highest BCUT2D eigenvalue weighted by Gasteiger charge is 2.26. The Balaban J connectivity index is 1.54. The van der Waals surface area contributed by atoms with Crippen LogP contribution in [0.4, 0.5) is 11.8 Å². The van der Waals surface area contributed by atoms with Crippen molar-refractivity contribution in [3.05, 3.63) is 41.3 Å². The van der Waals surface area contributed by atoms with Crippen LogP contribution < -0.4 is 10.6 Å². The summed E-state index contributed by atoms with van der Waals surface area (Å²) in [5, 5.41) is 6.60. The van der Waals surface area contributed by atoms with Gasteiger partial charge in [0, 0.05) is 44.8 Å². The Bertz CT molecular complexity index is 977. The van der Waals surface area contributed by atoms with Crippen LogP contribution >= 0.6 is 0 Å². The van der Waals surface area contributed by atoms with Crippen molar-refractivity contribution in [1.82, 2.24) is 19.9 Å². The van der Waals surface area contributed by atoms with Crippen LogP contribution in [-0.4, -0.2) is 77.4 Å². The molecule has 0 saturated carbocycles. The molecular formula is C28H44N6O3. The number of fused-ring (bicyclic) bond motifs is 1. The van der Waals surface area contributed by atoms with Crippen LogP contribution in [-0.2, 0) is 27.1 Å². The van der Waals surface area contributed by atoms with E-state index in [-0.39, 0.29) is 5.97 Å². The monoisotopic (exact) mass is 512 g/mol. The minimum atomic E-state index is -0.568. The number of aryl methyl sites for hydroxylation is 3. The third-order valence-corrected chi connectivity index (χ3v) is 6.23. The van der Waals surface area contributed by atoms with Crippen molar-refractivity contribution >= 4 is 17.7 Å². The first kappa shape index (κ1) is 28.8. The average molecular weight is 513 g/mol. The molecule has 9 nitrogen and oxygen atoms in total. The minimum absolute atomic E-state index is 0.296. The third-order valence-electron chi connectivity index (χ3n) is 6.23. The molecule has 0 radical (unpaired) electrons.